The third kappa shape index (κ3) is 6.67. The average molecular weight is 399 g/mol. The first-order chi connectivity index (χ1) is 12.6. The number of hydrogen-bond acceptors (Lipinski definition) is 5. The highest BCUT2D eigenvalue weighted by atomic mass is 35.5. The van der Waals surface area contributed by atoms with E-state index in [9.17, 15) is 0 Å². The van der Waals surface area contributed by atoms with E-state index in [2.05, 4.69) is 10.6 Å². The molecule has 0 aliphatic heterocycles. The molecule has 0 saturated carbocycles. The van der Waals surface area contributed by atoms with Crippen LogP contribution in [-0.2, 0) is 13.2 Å². The van der Waals surface area contributed by atoms with Crippen molar-refractivity contribution in [2.45, 2.75) is 13.2 Å². The van der Waals surface area contributed by atoms with Crippen LogP contribution in [-0.4, -0.2) is 38.5 Å². The number of benzene rings is 2. The van der Waals surface area contributed by atoms with Crippen LogP contribution in [0.2, 0.25) is 10.0 Å². The summed E-state index contributed by atoms with van der Waals surface area (Å²) in [6.45, 7) is 3.35. The molecule has 2 aromatic rings. The monoisotopic (exact) mass is 398 g/mol. The third-order valence-electron chi connectivity index (χ3n) is 3.68. The summed E-state index contributed by atoms with van der Waals surface area (Å²) in [6.07, 6.45) is 0. The molecule has 0 amide bonds. The minimum absolute atomic E-state index is 0.143. The van der Waals surface area contributed by atoms with E-state index in [0.717, 1.165) is 24.2 Å². The maximum atomic E-state index is 8.71. The summed E-state index contributed by atoms with van der Waals surface area (Å²) in [5.41, 5.74) is 2.00. The fraction of sp³-hybridized carbons (Fsp3) is 0.368. The van der Waals surface area contributed by atoms with Crippen molar-refractivity contribution in [2.24, 2.45) is 0 Å². The molecule has 0 aliphatic carbocycles. The fourth-order valence-corrected chi connectivity index (χ4v) is 2.78. The lowest BCUT2D eigenvalue weighted by molar-refractivity contribution is 0.284. The molecule has 0 bridgehead atoms. The van der Waals surface area contributed by atoms with Crippen molar-refractivity contribution < 1.29 is 14.6 Å². The van der Waals surface area contributed by atoms with E-state index in [1.807, 2.05) is 36.4 Å². The van der Waals surface area contributed by atoms with Crippen molar-refractivity contribution in [2.75, 3.05) is 33.4 Å². The maximum absolute atomic E-state index is 8.71. The van der Waals surface area contributed by atoms with Gasteiger partial charge in [0.25, 0.3) is 0 Å². The molecule has 0 spiro atoms. The van der Waals surface area contributed by atoms with Crippen LogP contribution >= 0.6 is 23.2 Å². The lowest BCUT2D eigenvalue weighted by Gasteiger charge is -2.15. The number of rotatable bonds is 11. The zero-order chi connectivity index (χ0) is 18.8. The van der Waals surface area contributed by atoms with Gasteiger partial charge in [0, 0.05) is 31.2 Å². The average Bonchev–Trinajstić information content (AvgIpc) is 2.64. The second kappa shape index (κ2) is 11.3. The Hall–Kier alpha value is -1.50. The number of methoxy groups -OCH3 is 1. The van der Waals surface area contributed by atoms with Crippen molar-refractivity contribution in [3.63, 3.8) is 0 Å². The van der Waals surface area contributed by atoms with Gasteiger partial charge in [-0.3, -0.25) is 0 Å². The van der Waals surface area contributed by atoms with Gasteiger partial charge in [0.15, 0.2) is 11.5 Å². The third-order valence-corrected chi connectivity index (χ3v) is 4.21. The van der Waals surface area contributed by atoms with E-state index in [1.165, 1.54) is 0 Å². The molecule has 3 N–H and O–H groups in total. The smallest absolute Gasteiger partial charge is 0.180 e. The molecule has 0 atom stereocenters. The minimum Gasteiger partial charge on any atom is -0.493 e. The largest absolute Gasteiger partial charge is 0.493 e. The van der Waals surface area contributed by atoms with E-state index in [1.54, 1.807) is 7.11 Å². The van der Waals surface area contributed by atoms with Gasteiger partial charge in [0.2, 0.25) is 0 Å². The minimum atomic E-state index is 0.143. The van der Waals surface area contributed by atoms with Crippen LogP contribution in [0.3, 0.4) is 0 Å². The number of halogens is 2. The lowest BCUT2D eigenvalue weighted by atomic mass is 10.2. The number of hydrogen-bond donors (Lipinski definition) is 3. The van der Waals surface area contributed by atoms with Gasteiger partial charge in [-0.15, -0.1) is 0 Å². The molecular weight excluding hydrogens is 375 g/mol. The Morgan fingerprint density at radius 3 is 2.38 bits per heavy atom. The van der Waals surface area contributed by atoms with E-state index in [-0.39, 0.29) is 6.61 Å². The highest BCUT2D eigenvalue weighted by Gasteiger charge is 2.12. The molecule has 2 aromatic carbocycles. The Bertz CT molecular complexity index is 681. The number of aliphatic hydroxyl groups excluding tert-OH is 1. The van der Waals surface area contributed by atoms with Crippen molar-refractivity contribution in [1.82, 2.24) is 10.6 Å². The summed E-state index contributed by atoms with van der Waals surface area (Å²) >= 11 is 12.3. The number of ether oxygens (including phenoxy) is 2. The number of nitrogens with one attached hydrogen (secondary N) is 2. The van der Waals surface area contributed by atoms with E-state index in [4.69, 9.17) is 37.8 Å². The highest BCUT2D eigenvalue weighted by molar-refractivity contribution is 6.32. The molecule has 5 nitrogen and oxygen atoms in total. The van der Waals surface area contributed by atoms with E-state index < -0.39 is 0 Å². The van der Waals surface area contributed by atoms with Crippen molar-refractivity contribution in [3.05, 3.63) is 57.6 Å². The second-order valence-corrected chi connectivity index (χ2v) is 6.52. The van der Waals surface area contributed by atoms with Gasteiger partial charge in [-0.2, -0.15) is 0 Å². The Morgan fingerprint density at radius 2 is 1.69 bits per heavy atom. The number of aliphatic hydroxyl groups is 1. The molecule has 0 fully saturated rings. The molecule has 142 valence electrons. The molecule has 0 aliphatic rings. The zero-order valence-electron chi connectivity index (χ0n) is 14.7. The van der Waals surface area contributed by atoms with Crippen LogP contribution in [0.4, 0.5) is 0 Å². The topological polar surface area (TPSA) is 62.8 Å². The first-order valence-corrected chi connectivity index (χ1v) is 9.15. The SMILES string of the molecule is COc1cc(CNCCNCCO)cc(Cl)c1OCc1ccc(Cl)cc1. The summed E-state index contributed by atoms with van der Waals surface area (Å²) in [7, 11) is 1.59. The molecule has 0 radical (unpaired) electrons. The van der Waals surface area contributed by atoms with Gasteiger partial charge >= 0.3 is 0 Å². The van der Waals surface area contributed by atoms with Crippen LogP contribution in [0.1, 0.15) is 11.1 Å². The summed E-state index contributed by atoms with van der Waals surface area (Å²) in [5.74, 6) is 1.12. The van der Waals surface area contributed by atoms with Gasteiger partial charge < -0.3 is 25.2 Å². The summed E-state index contributed by atoms with van der Waals surface area (Å²) in [6, 6.07) is 11.2. The summed E-state index contributed by atoms with van der Waals surface area (Å²) < 4.78 is 11.3. The standard InChI is InChI=1S/C19H24Cl2N2O3/c1-25-18-11-15(12-23-7-6-22-8-9-24)10-17(21)19(18)26-13-14-2-4-16(20)5-3-14/h2-5,10-11,22-24H,6-9,12-13H2,1H3. The van der Waals surface area contributed by atoms with Crippen LogP contribution < -0.4 is 20.1 Å². The molecule has 26 heavy (non-hydrogen) atoms. The van der Waals surface area contributed by atoms with E-state index in [0.29, 0.717) is 41.2 Å². The van der Waals surface area contributed by atoms with Gasteiger partial charge in [0.05, 0.1) is 18.7 Å². The Balaban J connectivity index is 1.94. The zero-order valence-corrected chi connectivity index (χ0v) is 16.2. The predicted octanol–water partition coefficient (Wildman–Crippen LogP) is 3.25. The van der Waals surface area contributed by atoms with Crippen LogP contribution in [0.5, 0.6) is 11.5 Å². The van der Waals surface area contributed by atoms with Crippen molar-refractivity contribution >= 4 is 23.2 Å². The van der Waals surface area contributed by atoms with Gasteiger partial charge in [-0.25, -0.2) is 0 Å². The molecule has 0 aromatic heterocycles. The van der Waals surface area contributed by atoms with Crippen molar-refractivity contribution in [3.8, 4) is 11.5 Å². The quantitative estimate of drug-likeness (QED) is 0.507. The van der Waals surface area contributed by atoms with Crippen molar-refractivity contribution in [1.29, 1.82) is 0 Å². The summed E-state index contributed by atoms with van der Waals surface area (Å²) in [5, 5.41) is 16.3. The Kier molecular flexibility index (Phi) is 9.01. The molecule has 7 heteroatoms. The van der Waals surface area contributed by atoms with Crippen LogP contribution in [0.15, 0.2) is 36.4 Å². The van der Waals surface area contributed by atoms with Gasteiger partial charge in [-0.1, -0.05) is 35.3 Å². The first-order valence-electron chi connectivity index (χ1n) is 8.40. The fourth-order valence-electron chi connectivity index (χ4n) is 2.37. The highest BCUT2D eigenvalue weighted by Crippen LogP contribution is 2.37. The normalized spacial score (nSPS) is 10.8. The molecule has 0 heterocycles. The molecular formula is C19H24Cl2N2O3. The molecule has 0 unspecified atom stereocenters. The summed E-state index contributed by atoms with van der Waals surface area (Å²) in [4.78, 5) is 0. The second-order valence-electron chi connectivity index (χ2n) is 5.67. The lowest BCUT2D eigenvalue weighted by Crippen LogP contribution is -2.28. The molecule has 0 saturated heterocycles. The van der Waals surface area contributed by atoms with Gasteiger partial charge in [-0.05, 0) is 35.4 Å². The Morgan fingerprint density at radius 1 is 0.962 bits per heavy atom. The van der Waals surface area contributed by atoms with E-state index >= 15 is 0 Å². The predicted molar refractivity (Wildman–Crippen MR) is 105 cm³/mol. The Labute approximate surface area is 164 Å². The maximum Gasteiger partial charge on any atom is 0.180 e. The van der Waals surface area contributed by atoms with Gasteiger partial charge in [0.1, 0.15) is 6.61 Å². The molecule has 2 rings (SSSR count). The first kappa shape index (κ1) is 20.8. The van der Waals surface area contributed by atoms with Crippen LogP contribution in [0.25, 0.3) is 0 Å². The van der Waals surface area contributed by atoms with Crippen LogP contribution in [0, 0.1) is 0 Å².